The zero-order chi connectivity index (χ0) is 18.4. The number of carbonyl (C=O) groups is 1. The Balaban J connectivity index is 2.54. The fourth-order valence-corrected chi connectivity index (χ4v) is 2.62. The zero-order valence-corrected chi connectivity index (χ0v) is 15.3. The molecule has 0 saturated heterocycles. The molecule has 0 atom stereocenters. The van der Waals surface area contributed by atoms with E-state index in [0.717, 1.165) is 18.4 Å². The molecule has 1 aromatic carbocycles. The summed E-state index contributed by atoms with van der Waals surface area (Å²) in [5.74, 6) is -0.0232. The predicted molar refractivity (Wildman–Crippen MR) is 97.6 cm³/mol. The average Bonchev–Trinajstić information content (AvgIpc) is 2.62. The molecule has 0 N–H and O–H groups in total. The number of aryl methyl sites for hydroxylation is 1. The van der Waals surface area contributed by atoms with E-state index in [9.17, 15) is 9.59 Å². The minimum absolute atomic E-state index is 0.156. The Morgan fingerprint density at radius 3 is 2.60 bits per heavy atom. The van der Waals surface area contributed by atoms with E-state index in [4.69, 9.17) is 4.74 Å². The lowest BCUT2D eigenvalue weighted by Crippen LogP contribution is -2.35. The van der Waals surface area contributed by atoms with Crippen LogP contribution >= 0.6 is 0 Å². The van der Waals surface area contributed by atoms with Crippen molar-refractivity contribution in [2.24, 2.45) is 0 Å². The third-order valence-corrected chi connectivity index (χ3v) is 4.11. The maximum absolute atomic E-state index is 12.9. The molecule has 6 nitrogen and oxygen atoms in total. The molecule has 2 rings (SSSR count). The molecule has 25 heavy (non-hydrogen) atoms. The normalized spacial score (nSPS) is 10.6. The van der Waals surface area contributed by atoms with Gasteiger partial charge in [0, 0.05) is 13.1 Å². The quantitative estimate of drug-likeness (QED) is 0.775. The first-order chi connectivity index (χ1) is 12.0. The molecule has 0 aliphatic heterocycles. The number of unbranched alkanes of at least 4 members (excludes halogenated alkanes) is 1. The minimum atomic E-state index is -0.334. The summed E-state index contributed by atoms with van der Waals surface area (Å²) in [6.07, 6.45) is 1.91. The second-order valence-electron chi connectivity index (χ2n) is 5.84. The fraction of sp³-hybridized carbons (Fsp3) is 0.421. The lowest BCUT2D eigenvalue weighted by molar-refractivity contribution is 0.0750. The second kappa shape index (κ2) is 8.46. The molecular weight excluding hydrogens is 318 g/mol. The highest BCUT2D eigenvalue weighted by Crippen LogP contribution is 2.18. The number of rotatable bonds is 7. The average molecular weight is 343 g/mol. The molecule has 134 valence electrons. The van der Waals surface area contributed by atoms with Gasteiger partial charge in [-0.1, -0.05) is 31.5 Å². The lowest BCUT2D eigenvalue weighted by atomic mass is 10.2. The van der Waals surface area contributed by atoms with Gasteiger partial charge in [-0.15, -0.1) is 0 Å². The summed E-state index contributed by atoms with van der Waals surface area (Å²) < 4.78 is 6.51. The van der Waals surface area contributed by atoms with E-state index in [1.165, 1.54) is 17.9 Å². The van der Waals surface area contributed by atoms with Crippen LogP contribution in [-0.2, 0) is 0 Å². The van der Waals surface area contributed by atoms with E-state index in [-0.39, 0.29) is 22.9 Å². The largest absolute Gasteiger partial charge is 0.494 e. The van der Waals surface area contributed by atoms with Gasteiger partial charge in [0.05, 0.1) is 18.9 Å². The molecule has 2 aromatic rings. The van der Waals surface area contributed by atoms with Crippen molar-refractivity contribution in [3.05, 3.63) is 51.9 Å². The number of ether oxygens (including phenoxy) is 1. The molecule has 0 aliphatic rings. The van der Waals surface area contributed by atoms with Crippen LogP contribution in [0.2, 0.25) is 0 Å². The molecule has 0 unspecified atom stereocenters. The Morgan fingerprint density at radius 2 is 2.00 bits per heavy atom. The predicted octanol–water partition coefficient (Wildman–Crippen LogP) is 2.81. The topological polar surface area (TPSA) is 64.4 Å². The molecule has 1 amide bonds. The van der Waals surface area contributed by atoms with Crippen LogP contribution in [0.1, 0.15) is 42.7 Å². The van der Waals surface area contributed by atoms with Crippen molar-refractivity contribution in [2.45, 2.75) is 33.6 Å². The number of nitrogens with zero attached hydrogens (tertiary/aromatic N) is 3. The van der Waals surface area contributed by atoms with Gasteiger partial charge in [-0.3, -0.25) is 9.59 Å². The molecule has 0 saturated carbocycles. The van der Waals surface area contributed by atoms with Crippen molar-refractivity contribution in [1.29, 1.82) is 0 Å². The zero-order valence-electron chi connectivity index (χ0n) is 15.3. The Labute approximate surface area is 148 Å². The van der Waals surface area contributed by atoms with Crippen LogP contribution in [-0.4, -0.2) is 40.8 Å². The van der Waals surface area contributed by atoms with Crippen LogP contribution in [0.5, 0.6) is 5.75 Å². The summed E-state index contributed by atoms with van der Waals surface area (Å²) in [4.78, 5) is 27.1. The van der Waals surface area contributed by atoms with Gasteiger partial charge in [-0.2, -0.15) is 9.78 Å². The first-order valence-corrected chi connectivity index (χ1v) is 8.57. The number of hydrogen-bond donors (Lipinski definition) is 0. The Morgan fingerprint density at radius 1 is 1.28 bits per heavy atom. The molecule has 0 radical (unpaired) electrons. The number of methoxy groups -OCH3 is 1. The SMILES string of the molecule is CCCCN(CC)C(=O)c1nn(-c2ccccc2C)c(=O)cc1OC. The monoisotopic (exact) mass is 343 g/mol. The summed E-state index contributed by atoms with van der Waals surface area (Å²) in [5, 5.41) is 4.34. The lowest BCUT2D eigenvalue weighted by Gasteiger charge is -2.21. The van der Waals surface area contributed by atoms with Gasteiger partial charge in [0.1, 0.15) is 0 Å². The third kappa shape index (κ3) is 4.07. The van der Waals surface area contributed by atoms with E-state index >= 15 is 0 Å². The Kier molecular flexibility index (Phi) is 6.33. The summed E-state index contributed by atoms with van der Waals surface area (Å²) in [6.45, 7) is 7.13. The second-order valence-corrected chi connectivity index (χ2v) is 5.84. The van der Waals surface area contributed by atoms with E-state index in [1.807, 2.05) is 32.0 Å². The molecule has 1 heterocycles. The molecule has 1 aromatic heterocycles. The van der Waals surface area contributed by atoms with Crippen LogP contribution in [0.15, 0.2) is 35.1 Å². The smallest absolute Gasteiger partial charge is 0.278 e. The van der Waals surface area contributed by atoms with Crippen molar-refractivity contribution in [2.75, 3.05) is 20.2 Å². The van der Waals surface area contributed by atoms with Crippen LogP contribution in [0.25, 0.3) is 5.69 Å². The van der Waals surface area contributed by atoms with Crippen molar-refractivity contribution >= 4 is 5.91 Å². The number of benzene rings is 1. The Hall–Kier alpha value is -2.63. The standard InChI is InChI=1S/C19H25N3O3/c1-5-7-12-21(6-2)19(24)18-16(25-4)13-17(23)22(20-18)15-11-9-8-10-14(15)3/h8-11,13H,5-7,12H2,1-4H3. The maximum Gasteiger partial charge on any atom is 0.278 e. The first-order valence-electron chi connectivity index (χ1n) is 8.57. The van der Waals surface area contributed by atoms with Gasteiger partial charge in [0.2, 0.25) is 0 Å². The molecular formula is C19H25N3O3. The number of carbonyl (C=O) groups excluding carboxylic acids is 1. The summed E-state index contributed by atoms with van der Waals surface area (Å²) in [5.41, 5.74) is 1.38. The molecule has 0 aliphatic carbocycles. The summed E-state index contributed by atoms with van der Waals surface area (Å²) >= 11 is 0. The van der Waals surface area contributed by atoms with E-state index in [1.54, 1.807) is 11.0 Å². The van der Waals surface area contributed by atoms with E-state index in [0.29, 0.717) is 18.8 Å². The van der Waals surface area contributed by atoms with Crippen molar-refractivity contribution < 1.29 is 9.53 Å². The highest BCUT2D eigenvalue weighted by Gasteiger charge is 2.22. The maximum atomic E-state index is 12.9. The highest BCUT2D eigenvalue weighted by molar-refractivity contribution is 5.94. The van der Waals surface area contributed by atoms with Crippen LogP contribution in [0.4, 0.5) is 0 Å². The first kappa shape index (κ1) is 18.7. The molecule has 0 fully saturated rings. The minimum Gasteiger partial charge on any atom is -0.494 e. The van der Waals surface area contributed by atoms with Crippen molar-refractivity contribution in [3.8, 4) is 11.4 Å². The van der Waals surface area contributed by atoms with Crippen LogP contribution in [0.3, 0.4) is 0 Å². The van der Waals surface area contributed by atoms with Crippen molar-refractivity contribution in [1.82, 2.24) is 14.7 Å². The van der Waals surface area contributed by atoms with Crippen molar-refractivity contribution in [3.63, 3.8) is 0 Å². The van der Waals surface area contributed by atoms with Gasteiger partial charge >= 0.3 is 0 Å². The van der Waals surface area contributed by atoms with E-state index < -0.39 is 0 Å². The van der Waals surface area contributed by atoms with Gasteiger partial charge < -0.3 is 9.64 Å². The number of aromatic nitrogens is 2. The Bertz CT molecular complexity index is 799. The number of para-hydroxylation sites is 1. The third-order valence-electron chi connectivity index (χ3n) is 4.11. The van der Waals surface area contributed by atoms with E-state index in [2.05, 4.69) is 12.0 Å². The van der Waals surface area contributed by atoms with Gasteiger partial charge in [-0.05, 0) is 31.9 Å². The van der Waals surface area contributed by atoms with Crippen LogP contribution in [0, 0.1) is 6.92 Å². The summed E-state index contributed by atoms with van der Waals surface area (Å²) in [7, 11) is 1.44. The summed E-state index contributed by atoms with van der Waals surface area (Å²) in [6, 6.07) is 8.75. The van der Waals surface area contributed by atoms with Gasteiger partial charge in [0.25, 0.3) is 11.5 Å². The highest BCUT2D eigenvalue weighted by atomic mass is 16.5. The molecule has 0 spiro atoms. The fourth-order valence-electron chi connectivity index (χ4n) is 2.62. The van der Waals surface area contributed by atoms with Gasteiger partial charge in [0.15, 0.2) is 11.4 Å². The van der Waals surface area contributed by atoms with Crippen LogP contribution < -0.4 is 10.3 Å². The molecule has 0 bridgehead atoms. The number of hydrogen-bond acceptors (Lipinski definition) is 4. The molecule has 6 heteroatoms. The van der Waals surface area contributed by atoms with Gasteiger partial charge in [-0.25, -0.2) is 0 Å². The number of amides is 1.